The van der Waals surface area contributed by atoms with Gasteiger partial charge in [-0.2, -0.15) is 10.2 Å². The predicted octanol–water partition coefficient (Wildman–Crippen LogP) is 6.47. The van der Waals surface area contributed by atoms with E-state index in [1.165, 1.54) is 66.7 Å². The highest BCUT2D eigenvalue weighted by Gasteiger charge is 2.19. The first-order chi connectivity index (χ1) is 17.6. The topological polar surface area (TPSA) is 111 Å². The van der Waals surface area contributed by atoms with Crippen LogP contribution in [0.1, 0.15) is 10.4 Å². The molecule has 8 nitrogen and oxygen atoms in total. The molecule has 0 bridgehead atoms. The first-order valence-electron chi connectivity index (χ1n) is 11.1. The zero-order valence-corrected chi connectivity index (χ0v) is 20.8. The number of carboxylic acid groups (broad SMARTS) is 1. The normalized spacial score (nSPS) is 11.4. The highest BCUT2D eigenvalue weighted by molar-refractivity contribution is 7.92. The predicted molar refractivity (Wildman–Crippen MR) is 141 cm³/mol. The smallest absolute Gasteiger partial charge is 0.337 e. The van der Waals surface area contributed by atoms with Gasteiger partial charge in [0.25, 0.3) is 10.0 Å². The number of hydrogen-bond acceptors (Lipinski definition) is 6. The maximum Gasteiger partial charge on any atom is 0.337 e. The van der Waals surface area contributed by atoms with Crippen LogP contribution in [0, 0.1) is 5.82 Å². The van der Waals surface area contributed by atoms with Crippen LogP contribution < -0.4 is 9.62 Å². The van der Waals surface area contributed by atoms with Crippen LogP contribution in [0.2, 0.25) is 0 Å². The summed E-state index contributed by atoms with van der Waals surface area (Å²) in [7, 11) is -0.250. The third kappa shape index (κ3) is 6.17. The molecular formula is C27H23FN4O4S. The molecular weight excluding hydrogens is 495 g/mol. The van der Waals surface area contributed by atoms with Crippen LogP contribution in [0.5, 0.6) is 0 Å². The number of rotatable bonds is 8. The molecule has 0 aliphatic heterocycles. The van der Waals surface area contributed by atoms with Crippen LogP contribution in [0.15, 0.2) is 106 Å². The Kier molecular flexibility index (Phi) is 7.30. The average molecular weight is 519 g/mol. The van der Waals surface area contributed by atoms with Gasteiger partial charge in [0, 0.05) is 19.8 Å². The molecule has 188 valence electrons. The van der Waals surface area contributed by atoms with Gasteiger partial charge < -0.3 is 10.0 Å². The molecule has 0 unspecified atom stereocenters. The Morgan fingerprint density at radius 3 is 1.89 bits per heavy atom. The van der Waals surface area contributed by atoms with Crippen molar-refractivity contribution in [2.45, 2.75) is 4.90 Å². The summed E-state index contributed by atoms with van der Waals surface area (Å²) < 4.78 is 41.7. The van der Waals surface area contributed by atoms with Gasteiger partial charge >= 0.3 is 5.97 Å². The van der Waals surface area contributed by atoms with E-state index in [1.807, 2.05) is 43.3 Å². The molecule has 37 heavy (non-hydrogen) atoms. The highest BCUT2D eigenvalue weighted by atomic mass is 32.2. The van der Waals surface area contributed by atoms with Crippen LogP contribution in [-0.4, -0.2) is 33.6 Å². The van der Waals surface area contributed by atoms with E-state index < -0.39 is 21.8 Å². The molecule has 4 aromatic rings. The molecule has 0 heterocycles. The third-order valence-corrected chi connectivity index (χ3v) is 6.85. The van der Waals surface area contributed by atoms with Crippen molar-refractivity contribution in [3.05, 3.63) is 102 Å². The van der Waals surface area contributed by atoms with Crippen LogP contribution in [0.4, 0.5) is 27.1 Å². The first kappa shape index (κ1) is 25.5. The van der Waals surface area contributed by atoms with Crippen LogP contribution >= 0.6 is 0 Å². The van der Waals surface area contributed by atoms with Gasteiger partial charge in [-0.3, -0.25) is 4.72 Å². The van der Waals surface area contributed by atoms with Gasteiger partial charge in [0.2, 0.25) is 0 Å². The number of halogens is 1. The Morgan fingerprint density at radius 1 is 0.811 bits per heavy atom. The second-order valence-electron chi connectivity index (χ2n) is 8.28. The lowest BCUT2D eigenvalue weighted by molar-refractivity contribution is 0.0698. The molecule has 0 atom stereocenters. The lowest BCUT2D eigenvalue weighted by Crippen LogP contribution is -2.15. The Labute approximate surface area is 213 Å². The average Bonchev–Trinajstić information content (AvgIpc) is 2.88. The Morgan fingerprint density at radius 2 is 1.35 bits per heavy atom. The van der Waals surface area contributed by atoms with E-state index >= 15 is 0 Å². The lowest BCUT2D eigenvalue weighted by atomic mass is 10.0. The largest absolute Gasteiger partial charge is 0.478 e. The zero-order chi connectivity index (χ0) is 26.6. The van der Waals surface area contributed by atoms with Crippen molar-refractivity contribution < 1.29 is 22.7 Å². The second-order valence-corrected chi connectivity index (χ2v) is 9.97. The Balaban J connectivity index is 1.56. The fraction of sp³-hybridized carbons (Fsp3) is 0.0741. The van der Waals surface area contributed by atoms with Gasteiger partial charge in [-0.05, 0) is 83.9 Å². The van der Waals surface area contributed by atoms with Crippen LogP contribution in [-0.2, 0) is 10.0 Å². The molecule has 10 heteroatoms. The van der Waals surface area contributed by atoms with E-state index in [9.17, 15) is 22.7 Å². The zero-order valence-electron chi connectivity index (χ0n) is 20.0. The van der Waals surface area contributed by atoms with E-state index in [0.717, 1.165) is 5.69 Å². The number of azo groups is 1. The van der Waals surface area contributed by atoms with Crippen LogP contribution in [0.3, 0.4) is 0 Å². The van der Waals surface area contributed by atoms with E-state index in [2.05, 4.69) is 15.0 Å². The monoisotopic (exact) mass is 518 g/mol. The van der Waals surface area contributed by atoms with Crippen LogP contribution in [0.25, 0.3) is 11.1 Å². The minimum Gasteiger partial charge on any atom is -0.478 e. The quantitative estimate of drug-likeness (QED) is 0.260. The number of nitrogens with one attached hydrogen (secondary N) is 1. The molecule has 0 saturated carbocycles. The number of carboxylic acids is 1. The Hall–Kier alpha value is -4.57. The van der Waals surface area contributed by atoms with Crippen molar-refractivity contribution in [2.24, 2.45) is 10.2 Å². The minimum atomic E-state index is -4.12. The minimum absolute atomic E-state index is 0.0784. The number of sulfonamides is 1. The SMILES string of the molecule is CN(C)c1ccc(/N=N/c2ccc(S(=O)(=O)Nc3cc(-c4ccc(F)cc4)ccc3C(=O)O)cc2)cc1. The van der Waals surface area contributed by atoms with Crippen molar-refractivity contribution in [2.75, 3.05) is 23.7 Å². The summed E-state index contributed by atoms with van der Waals surface area (Å²) in [6.07, 6.45) is 0. The summed E-state index contributed by atoms with van der Waals surface area (Å²) in [5.74, 6) is -1.71. The number of nitrogens with zero attached hydrogens (tertiary/aromatic N) is 3. The van der Waals surface area contributed by atoms with E-state index in [4.69, 9.17) is 0 Å². The number of aromatic carboxylic acids is 1. The molecule has 0 amide bonds. The molecule has 4 rings (SSSR count). The summed E-state index contributed by atoms with van der Waals surface area (Å²) in [5, 5.41) is 17.9. The summed E-state index contributed by atoms with van der Waals surface area (Å²) >= 11 is 0. The van der Waals surface area contributed by atoms with Gasteiger partial charge in [-0.1, -0.05) is 18.2 Å². The van der Waals surface area contributed by atoms with Crippen molar-refractivity contribution >= 4 is 38.7 Å². The fourth-order valence-electron chi connectivity index (χ4n) is 3.47. The van der Waals surface area contributed by atoms with Crippen molar-refractivity contribution in [3.63, 3.8) is 0 Å². The molecule has 0 aromatic heterocycles. The number of hydrogen-bond donors (Lipinski definition) is 2. The summed E-state index contributed by atoms with van der Waals surface area (Å²) in [4.78, 5) is 13.6. The third-order valence-electron chi connectivity index (χ3n) is 5.47. The molecule has 0 saturated heterocycles. The number of anilines is 2. The van der Waals surface area contributed by atoms with Gasteiger partial charge in [0.15, 0.2) is 0 Å². The van der Waals surface area contributed by atoms with Gasteiger partial charge in [-0.15, -0.1) is 0 Å². The van der Waals surface area contributed by atoms with E-state index in [-0.39, 0.29) is 16.1 Å². The second kappa shape index (κ2) is 10.6. The maximum atomic E-state index is 13.3. The highest BCUT2D eigenvalue weighted by Crippen LogP contribution is 2.29. The van der Waals surface area contributed by atoms with E-state index in [0.29, 0.717) is 22.5 Å². The molecule has 0 fully saturated rings. The fourth-order valence-corrected chi connectivity index (χ4v) is 4.54. The lowest BCUT2D eigenvalue weighted by Gasteiger charge is -2.13. The number of carbonyl (C=O) groups is 1. The van der Waals surface area contributed by atoms with Crippen molar-refractivity contribution in [3.8, 4) is 11.1 Å². The van der Waals surface area contributed by atoms with Gasteiger partial charge in [-0.25, -0.2) is 17.6 Å². The first-order valence-corrected chi connectivity index (χ1v) is 12.6. The number of benzene rings is 4. The summed E-state index contributed by atoms with van der Waals surface area (Å²) in [6, 6.07) is 23.0. The standard InChI is InChI=1S/C27H23FN4O4S/c1-32(2)23-12-8-21(9-13-23)29-30-22-10-14-24(15-11-22)37(35,36)31-26-17-19(5-16-25(26)27(33)34)18-3-6-20(28)7-4-18/h3-17,31H,1-2H3,(H,33,34)/b30-29+. The molecule has 2 N–H and O–H groups in total. The van der Waals surface area contributed by atoms with Gasteiger partial charge in [0.05, 0.1) is 27.5 Å². The van der Waals surface area contributed by atoms with Crippen molar-refractivity contribution in [1.29, 1.82) is 0 Å². The molecule has 0 aliphatic rings. The summed E-state index contributed by atoms with van der Waals surface area (Å²) in [5.41, 5.74) is 2.91. The molecule has 4 aromatic carbocycles. The van der Waals surface area contributed by atoms with Crippen molar-refractivity contribution in [1.82, 2.24) is 0 Å². The molecule has 0 radical (unpaired) electrons. The maximum absolute atomic E-state index is 13.3. The van der Waals surface area contributed by atoms with E-state index in [1.54, 1.807) is 0 Å². The Bertz CT molecular complexity index is 1550. The van der Waals surface area contributed by atoms with Gasteiger partial charge in [0.1, 0.15) is 5.82 Å². The molecule has 0 spiro atoms. The molecule has 0 aliphatic carbocycles. The summed E-state index contributed by atoms with van der Waals surface area (Å²) in [6.45, 7) is 0.